The van der Waals surface area contributed by atoms with Crippen molar-refractivity contribution in [2.45, 2.75) is 12.8 Å². The molecule has 5 aromatic rings. The van der Waals surface area contributed by atoms with Gasteiger partial charge in [0.15, 0.2) is 0 Å². The van der Waals surface area contributed by atoms with Gasteiger partial charge in [0.2, 0.25) is 0 Å². The van der Waals surface area contributed by atoms with Gasteiger partial charge >= 0.3 is 0 Å². The smallest absolute Gasteiger partial charge is 0.0146 e. The molecule has 5 aromatic carbocycles. The van der Waals surface area contributed by atoms with Crippen molar-refractivity contribution in [3.8, 4) is 0 Å². The third-order valence-electron chi connectivity index (χ3n) is 6.50. The Kier molecular flexibility index (Phi) is 8.75. The molecule has 177 valence electrons. The largest absolute Gasteiger partial charge is 0.0622 e. The van der Waals surface area contributed by atoms with E-state index >= 15 is 0 Å². The Hall–Kier alpha value is -3.04. The van der Waals surface area contributed by atoms with Crippen molar-refractivity contribution in [2.75, 3.05) is 12.3 Å². The lowest BCUT2D eigenvalue weighted by Crippen LogP contribution is -2.16. The highest BCUT2D eigenvalue weighted by Crippen LogP contribution is 2.36. The normalized spacial score (nSPS) is 11.2. The molecule has 0 N–H and O–H groups in total. The summed E-state index contributed by atoms with van der Waals surface area (Å²) >= 11 is 0. The molecule has 0 aliphatic heterocycles. The predicted octanol–water partition coefficient (Wildman–Crippen LogP) is 6.84. The maximum absolute atomic E-state index is 3.62. The minimum atomic E-state index is -0.397. The molecule has 36 heavy (non-hydrogen) atoms. The van der Waals surface area contributed by atoms with Gasteiger partial charge in [0, 0.05) is 0 Å². The molecular formula is C34H31P2. The van der Waals surface area contributed by atoms with Crippen molar-refractivity contribution in [2.24, 2.45) is 0 Å². The molecule has 0 spiro atoms. The molecule has 0 fully saturated rings. The van der Waals surface area contributed by atoms with Crippen LogP contribution in [0, 0.1) is 6.07 Å². The van der Waals surface area contributed by atoms with Crippen LogP contribution in [0.2, 0.25) is 0 Å². The minimum Gasteiger partial charge on any atom is -0.0622 e. The SMILES string of the molecule is [c]1cccc(CCP(c2ccccc2)c2ccccc2)c1CCP(c1ccccc1)c1ccccc1. The first-order valence-corrected chi connectivity index (χ1v) is 15.7. The van der Waals surface area contributed by atoms with E-state index in [4.69, 9.17) is 0 Å². The van der Waals surface area contributed by atoms with Crippen LogP contribution in [-0.4, -0.2) is 12.3 Å². The van der Waals surface area contributed by atoms with Gasteiger partial charge in [-0.2, -0.15) is 0 Å². The van der Waals surface area contributed by atoms with Gasteiger partial charge in [0.25, 0.3) is 0 Å². The third-order valence-corrected chi connectivity index (χ3v) is 11.5. The van der Waals surface area contributed by atoms with E-state index in [1.165, 1.54) is 32.3 Å². The monoisotopic (exact) mass is 501 g/mol. The van der Waals surface area contributed by atoms with Gasteiger partial charge in [0.05, 0.1) is 0 Å². The third kappa shape index (κ3) is 6.39. The number of aryl methyl sites for hydroxylation is 2. The standard InChI is InChI=1S/C34H31P2/c1-5-17-31(18-6-1)35(32-19-7-2-8-20-32)27-25-29-15-13-14-16-30(29)26-28-36(33-21-9-3-10-22-33)34-23-11-4-12-24-34/h1-15,17-24H,25-28H2. The number of benzene rings is 5. The first-order chi connectivity index (χ1) is 17.9. The van der Waals surface area contributed by atoms with Gasteiger partial charge in [-0.3, -0.25) is 0 Å². The van der Waals surface area contributed by atoms with Crippen LogP contribution >= 0.6 is 15.8 Å². The molecule has 0 saturated heterocycles. The lowest BCUT2D eigenvalue weighted by molar-refractivity contribution is 1.04. The van der Waals surface area contributed by atoms with E-state index < -0.39 is 15.8 Å². The van der Waals surface area contributed by atoms with Crippen molar-refractivity contribution in [3.63, 3.8) is 0 Å². The Morgan fingerprint density at radius 3 is 1.22 bits per heavy atom. The summed E-state index contributed by atoms with van der Waals surface area (Å²) in [5, 5.41) is 5.81. The predicted molar refractivity (Wildman–Crippen MR) is 161 cm³/mol. The van der Waals surface area contributed by atoms with E-state index in [1.807, 2.05) is 0 Å². The molecule has 0 aliphatic carbocycles. The molecule has 0 atom stereocenters. The highest BCUT2D eigenvalue weighted by atomic mass is 31.1. The van der Waals surface area contributed by atoms with Crippen LogP contribution in [0.25, 0.3) is 0 Å². The second-order valence-electron chi connectivity index (χ2n) is 8.82. The van der Waals surface area contributed by atoms with Crippen molar-refractivity contribution in [1.29, 1.82) is 0 Å². The zero-order valence-corrected chi connectivity index (χ0v) is 22.3. The van der Waals surface area contributed by atoms with Gasteiger partial charge in [0.1, 0.15) is 0 Å². The van der Waals surface area contributed by atoms with Crippen LogP contribution in [0.4, 0.5) is 0 Å². The summed E-state index contributed by atoms with van der Waals surface area (Å²) in [6.07, 6.45) is 4.43. The maximum atomic E-state index is 3.62. The van der Waals surface area contributed by atoms with Crippen molar-refractivity contribution in [3.05, 3.63) is 157 Å². The molecule has 0 aliphatic rings. The van der Waals surface area contributed by atoms with Crippen LogP contribution in [0.15, 0.2) is 140 Å². The van der Waals surface area contributed by atoms with Gasteiger partial charge in [-0.1, -0.05) is 140 Å². The molecule has 0 saturated carbocycles. The maximum Gasteiger partial charge on any atom is -0.0146 e. The summed E-state index contributed by atoms with van der Waals surface area (Å²) in [4.78, 5) is 0. The van der Waals surface area contributed by atoms with Gasteiger partial charge in [-0.15, -0.1) is 0 Å². The molecule has 0 aromatic heterocycles. The molecular weight excluding hydrogens is 470 g/mol. The number of rotatable bonds is 10. The fourth-order valence-corrected chi connectivity index (χ4v) is 9.34. The van der Waals surface area contributed by atoms with E-state index in [-0.39, 0.29) is 0 Å². The Morgan fingerprint density at radius 1 is 0.417 bits per heavy atom. The number of hydrogen-bond donors (Lipinski definition) is 0. The van der Waals surface area contributed by atoms with E-state index in [0.717, 1.165) is 25.2 Å². The van der Waals surface area contributed by atoms with Crippen molar-refractivity contribution >= 4 is 37.1 Å². The van der Waals surface area contributed by atoms with E-state index in [0.29, 0.717) is 0 Å². The zero-order chi connectivity index (χ0) is 24.4. The van der Waals surface area contributed by atoms with Crippen LogP contribution in [0.3, 0.4) is 0 Å². The quantitative estimate of drug-likeness (QED) is 0.184. The molecule has 0 amide bonds. The second kappa shape index (κ2) is 12.8. The minimum absolute atomic E-state index is 0.391. The molecule has 2 heteroatoms. The highest BCUT2D eigenvalue weighted by Gasteiger charge is 2.17. The van der Waals surface area contributed by atoms with E-state index in [2.05, 4.69) is 146 Å². The fourth-order valence-electron chi connectivity index (χ4n) is 4.68. The van der Waals surface area contributed by atoms with Crippen LogP contribution in [0.1, 0.15) is 11.1 Å². The molecule has 0 bridgehead atoms. The Morgan fingerprint density at radius 2 is 0.806 bits per heavy atom. The van der Waals surface area contributed by atoms with E-state index in [1.54, 1.807) is 0 Å². The topological polar surface area (TPSA) is 0 Å². The first kappa shape index (κ1) is 24.6. The summed E-state index contributed by atoms with van der Waals surface area (Å²) in [5.41, 5.74) is 2.83. The first-order valence-electron chi connectivity index (χ1n) is 12.6. The van der Waals surface area contributed by atoms with Crippen LogP contribution in [-0.2, 0) is 12.8 Å². The van der Waals surface area contributed by atoms with Crippen molar-refractivity contribution < 1.29 is 0 Å². The molecule has 5 rings (SSSR count). The average Bonchev–Trinajstić information content (AvgIpc) is 2.96. The Bertz CT molecular complexity index is 1130. The summed E-state index contributed by atoms with van der Waals surface area (Å²) in [7, 11) is -0.788. The fraction of sp³-hybridized carbons (Fsp3) is 0.118. The average molecular weight is 502 g/mol. The van der Waals surface area contributed by atoms with Crippen molar-refractivity contribution in [1.82, 2.24) is 0 Å². The molecule has 0 unspecified atom stereocenters. The molecule has 0 heterocycles. The van der Waals surface area contributed by atoms with Gasteiger partial charge in [-0.05, 0) is 79.4 Å². The lowest BCUT2D eigenvalue weighted by Gasteiger charge is -2.21. The van der Waals surface area contributed by atoms with E-state index in [9.17, 15) is 0 Å². The highest BCUT2D eigenvalue weighted by molar-refractivity contribution is 7.73. The second-order valence-corrected chi connectivity index (χ2v) is 13.5. The summed E-state index contributed by atoms with van der Waals surface area (Å²) < 4.78 is 0. The molecule has 0 nitrogen and oxygen atoms in total. The Balaban J connectivity index is 1.35. The van der Waals surface area contributed by atoms with Crippen LogP contribution in [0.5, 0.6) is 0 Å². The summed E-state index contributed by atoms with van der Waals surface area (Å²) in [6, 6.07) is 54.4. The number of hydrogen-bond acceptors (Lipinski definition) is 0. The molecule has 1 radical (unpaired) electrons. The Labute approximate surface area is 218 Å². The zero-order valence-electron chi connectivity index (χ0n) is 20.5. The van der Waals surface area contributed by atoms with Gasteiger partial charge in [-0.25, -0.2) is 0 Å². The summed E-state index contributed by atoms with van der Waals surface area (Å²) in [6.45, 7) is 0. The van der Waals surface area contributed by atoms with Crippen LogP contribution < -0.4 is 21.2 Å². The van der Waals surface area contributed by atoms with Gasteiger partial charge < -0.3 is 0 Å². The lowest BCUT2D eigenvalue weighted by atomic mass is 10.0. The summed E-state index contributed by atoms with van der Waals surface area (Å²) in [5.74, 6) is 0.